The van der Waals surface area contributed by atoms with E-state index in [1.165, 1.54) is 24.4 Å². The molecule has 1 unspecified atom stereocenters. The van der Waals surface area contributed by atoms with E-state index in [0.29, 0.717) is 16.8 Å². The molecule has 0 radical (unpaired) electrons. The van der Waals surface area contributed by atoms with Crippen molar-refractivity contribution in [3.8, 4) is 0 Å². The molecule has 0 fully saturated rings. The summed E-state index contributed by atoms with van der Waals surface area (Å²) in [5.74, 6) is -0.409. The maximum Gasteiger partial charge on any atom is 0.268 e. The fraction of sp³-hybridized carbons (Fsp3) is 0.250. The highest BCUT2D eigenvalue weighted by Crippen LogP contribution is 2.28. The number of sulfone groups is 1. The Bertz CT molecular complexity index is 1290. The molecule has 4 N–H and O–H groups in total. The fourth-order valence-corrected chi connectivity index (χ4v) is 5.21. The van der Waals surface area contributed by atoms with Crippen LogP contribution in [0.4, 0.5) is 5.69 Å². The SMILES string of the molecule is CNc1c(C=N)cccc1CNC(=O)c1cc(S(=O)(=O)c2ccc(C(C)O)cc2)c(C)n1C. The van der Waals surface area contributed by atoms with E-state index in [-0.39, 0.29) is 22.0 Å². The third kappa shape index (κ3) is 4.69. The smallest absolute Gasteiger partial charge is 0.268 e. The highest BCUT2D eigenvalue weighted by molar-refractivity contribution is 7.91. The predicted molar refractivity (Wildman–Crippen MR) is 128 cm³/mol. The summed E-state index contributed by atoms with van der Waals surface area (Å²) < 4.78 is 28.0. The molecule has 0 aliphatic rings. The molecule has 0 bridgehead atoms. The number of benzene rings is 2. The van der Waals surface area contributed by atoms with Crippen molar-refractivity contribution in [3.63, 3.8) is 0 Å². The summed E-state index contributed by atoms with van der Waals surface area (Å²) in [6.45, 7) is 3.47. The van der Waals surface area contributed by atoms with Gasteiger partial charge in [-0.05, 0) is 43.2 Å². The van der Waals surface area contributed by atoms with E-state index in [1.807, 2.05) is 12.1 Å². The first-order valence-electron chi connectivity index (χ1n) is 10.4. The van der Waals surface area contributed by atoms with Gasteiger partial charge in [-0.2, -0.15) is 0 Å². The van der Waals surface area contributed by atoms with Gasteiger partial charge in [0.25, 0.3) is 5.91 Å². The molecule has 0 spiro atoms. The molecule has 3 rings (SSSR count). The minimum Gasteiger partial charge on any atom is -0.389 e. The van der Waals surface area contributed by atoms with Crippen molar-refractivity contribution in [1.29, 1.82) is 5.41 Å². The van der Waals surface area contributed by atoms with Crippen molar-refractivity contribution in [2.75, 3.05) is 12.4 Å². The number of amides is 1. The zero-order valence-electron chi connectivity index (χ0n) is 19.0. The van der Waals surface area contributed by atoms with Crippen molar-refractivity contribution in [2.45, 2.75) is 36.3 Å². The van der Waals surface area contributed by atoms with Crippen molar-refractivity contribution in [3.05, 3.63) is 76.6 Å². The van der Waals surface area contributed by atoms with Gasteiger partial charge in [-0.3, -0.25) is 4.79 Å². The Morgan fingerprint density at radius 2 is 1.88 bits per heavy atom. The lowest BCUT2D eigenvalue weighted by Gasteiger charge is -2.13. The van der Waals surface area contributed by atoms with Crippen LogP contribution in [-0.4, -0.2) is 37.3 Å². The summed E-state index contributed by atoms with van der Waals surface area (Å²) in [5, 5.41) is 23.1. The minimum atomic E-state index is -3.85. The van der Waals surface area contributed by atoms with Gasteiger partial charge in [-0.1, -0.05) is 30.3 Å². The highest BCUT2D eigenvalue weighted by atomic mass is 32.2. The maximum atomic E-state index is 13.2. The van der Waals surface area contributed by atoms with Gasteiger partial charge in [0.1, 0.15) is 5.69 Å². The van der Waals surface area contributed by atoms with Gasteiger partial charge in [0.05, 0.1) is 15.9 Å². The normalized spacial score (nSPS) is 12.3. The number of para-hydroxylation sites is 1. The Labute approximate surface area is 193 Å². The van der Waals surface area contributed by atoms with Gasteiger partial charge in [0, 0.05) is 43.8 Å². The first kappa shape index (κ1) is 24.2. The Morgan fingerprint density at radius 3 is 2.45 bits per heavy atom. The lowest BCUT2D eigenvalue weighted by atomic mass is 10.1. The molecule has 1 amide bonds. The molecule has 9 heteroatoms. The topological polar surface area (TPSA) is 124 Å². The van der Waals surface area contributed by atoms with Crippen LogP contribution < -0.4 is 10.6 Å². The number of rotatable bonds is 8. The molecule has 0 aliphatic carbocycles. The van der Waals surface area contributed by atoms with Crippen LogP contribution >= 0.6 is 0 Å². The zero-order chi connectivity index (χ0) is 24.3. The number of hydrogen-bond donors (Lipinski definition) is 4. The van der Waals surface area contributed by atoms with Crippen LogP contribution in [0.5, 0.6) is 0 Å². The molecule has 2 aromatic carbocycles. The van der Waals surface area contributed by atoms with Crippen molar-refractivity contribution in [2.24, 2.45) is 7.05 Å². The van der Waals surface area contributed by atoms with Crippen molar-refractivity contribution in [1.82, 2.24) is 9.88 Å². The van der Waals surface area contributed by atoms with E-state index in [4.69, 9.17) is 5.41 Å². The molecule has 1 aromatic heterocycles. The second-order valence-corrected chi connectivity index (χ2v) is 9.66. The number of nitrogens with one attached hydrogen (secondary N) is 3. The van der Waals surface area contributed by atoms with Crippen molar-refractivity contribution < 1.29 is 18.3 Å². The van der Waals surface area contributed by atoms with Gasteiger partial charge in [-0.25, -0.2) is 8.42 Å². The Kier molecular flexibility index (Phi) is 7.04. The second kappa shape index (κ2) is 9.60. The van der Waals surface area contributed by atoms with Gasteiger partial charge >= 0.3 is 0 Å². The first-order chi connectivity index (χ1) is 15.6. The average Bonchev–Trinajstić information content (AvgIpc) is 3.12. The standard InChI is InChI=1S/C24H28N4O4S/c1-15-22(33(31,32)20-10-8-17(9-11-20)16(2)29)12-21(28(15)4)24(30)27-14-19-7-5-6-18(13-25)23(19)26-3/h5-13,16,25-26,29H,14H2,1-4H3,(H,27,30). The minimum absolute atomic E-state index is 0.0571. The van der Waals surface area contributed by atoms with Crippen LogP contribution in [0, 0.1) is 12.3 Å². The number of aliphatic hydroxyl groups is 1. The molecular formula is C24H28N4O4S. The molecule has 0 aliphatic heterocycles. The molecule has 1 atom stereocenters. The van der Waals surface area contributed by atoms with Gasteiger partial charge in [0.15, 0.2) is 0 Å². The number of aromatic nitrogens is 1. The number of hydrogen-bond acceptors (Lipinski definition) is 6. The summed E-state index contributed by atoms with van der Waals surface area (Å²) >= 11 is 0. The van der Waals surface area contributed by atoms with E-state index in [0.717, 1.165) is 11.3 Å². The Balaban J connectivity index is 1.88. The van der Waals surface area contributed by atoms with Gasteiger partial charge < -0.3 is 25.7 Å². The Hall–Kier alpha value is -3.43. The summed E-state index contributed by atoms with van der Waals surface area (Å²) in [4.78, 5) is 13.1. The molecule has 33 heavy (non-hydrogen) atoms. The third-order valence-corrected chi connectivity index (χ3v) is 7.60. The molecular weight excluding hydrogens is 440 g/mol. The summed E-state index contributed by atoms with van der Waals surface area (Å²) in [7, 11) is -0.455. The van der Waals surface area contributed by atoms with Gasteiger partial charge in [0.2, 0.25) is 9.84 Å². The maximum absolute atomic E-state index is 13.2. The molecule has 8 nitrogen and oxygen atoms in total. The lowest BCUT2D eigenvalue weighted by molar-refractivity contribution is 0.0942. The van der Waals surface area contributed by atoms with E-state index in [1.54, 1.807) is 50.7 Å². The van der Waals surface area contributed by atoms with E-state index < -0.39 is 21.8 Å². The van der Waals surface area contributed by atoms with Crippen LogP contribution in [-0.2, 0) is 23.4 Å². The number of anilines is 1. The predicted octanol–water partition coefficient (Wildman–Crippen LogP) is 3.19. The number of carbonyl (C=O) groups excluding carboxylic acids is 1. The van der Waals surface area contributed by atoms with Crippen LogP contribution in [0.15, 0.2) is 58.3 Å². The van der Waals surface area contributed by atoms with E-state index in [9.17, 15) is 18.3 Å². The third-order valence-electron chi connectivity index (χ3n) is 5.71. The van der Waals surface area contributed by atoms with Crippen LogP contribution in [0.3, 0.4) is 0 Å². The lowest BCUT2D eigenvalue weighted by Crippen LogP contribution is -2.25. The van der Waals surface area contributed by atoms with Crippen LogP contribution in [0.1, 0.15) is 45.9 Å². The van der Waals surface area contributed by atoms with Gasteiger partial charge in [-0.15, -0.1) is 0 Å². The second-order valence-electron chi connectivity index (χ2n) is 7.75. The number of carbonyl (C=O) groups is 1. The fourth-order valence-electron chi connectivity index (χ4n) is 3.67. The summed E-state index contributed by atoms with van der Waals surface area (Å²) in [6, 6.07) is 12.9. The van der Waals surface area contributed by atoms with E-state index in [2.05, 4.69) is 10.6 Å². The first-order valence-corrected chi connectivity index (χ1v) is 11.9. The largest absolute Gasteiger partial charge is 0.389 e. The zero-order valence-corrected chi connectivity index (χ0v) is 19.8. The Morgan fingerprint density at radius 1 is 1.21 bits per heavy atom. The number of nitrogens with zero attached hydrogens (tertiary/aromatic N) is 1. The quantitative estimate of drug-likeness (QED) is 0.378. The molecule has 0 saturated carbocycles. The monoisotopic (exact) mass is 468 g/mol. The molecule has 1 heterocycles. The molecule has 174 valence electrons. The molecule has 3 aromatic rings. The van der Waals surface area contributed by atoms with Crippen LogP contribution in [0.25, 0.3) is 0 Å². The number of aliphatic hydroxyl groups excluding tert-OH is 1. The average molecular weight is 469 g/mol. The molecule has 0 saturated heterocycles. The van der Waals surface area contributed by atoms with E-state index >= 15 is 0 Å². The van der Waals surface area contributed by atoms with Crippen LogP contribution in [0.2, 0.25) is 0 Å². The summed E-state index contributed by atoms with van der Waals surface area (Å²) in [5.41, 5.74) is 3.55. The van der Waals surface area contributed by atoms with Crippen molar-refractivity contribution >= 4 is 27.6 Å². The summed E-state index contributed by atoms with van der Waals surface area (Å²) in [6.07, 6.45) is 0.543. The highest BCUT2D eigenvalue weighted by Gasteiger charge is 2.26.